The molecule has 18 heavy (non-hydrogen) atoms. The van der Waals surface area contributed by atoms with E-state index in [4.69, 9.17) is 5.73 Å². The van der Waals surface area contributed by atoms with Crippen LogP contribution in [0.25, 0.3) is 0 Å². The zero-order chi connectivity index (χ0) is 13.3. The Morgan fingerprint density at radius 2 is 2.00 bits per heavy atom. The van der Waals surface area contributed by atoms with Gasteiger partial charge >= 0.3 is 0 Å². The molecular weight excluding hydrogens is 236 g/mol. The number of carbonyl (C=O) groups is 2. The van der Waals surface area contributed by atoms with Crippen LogP contribution in [-0.2, 0) is 9.59 Å². The SMILES string of the molecule is CC(=O)N1CCN(CN2C(=O)CC(N)C2O)CC1. The predicted octanol–water partition coefficient (Wildman–Crippen LogP) is -2.01. The maximum atomic E-state index is 11.6. The molecule has 2 fully saturated rings. The monoisotopic (exact) mass is 256 g/mol. The second-order valence-electron chi connectivity index (χ2n) is 4.91. The first-order valence-electron chi connectivity index (χ1n) is 6.20. The molecule has 2 saturated heterocycles. The fourth-order valence-electron chi connectivity index (χ4n) is 2.39. The van der Waals surface area contributed by atoms with Crippen LogP contribution < -0.4 is 5.73 Å². The Kier molecular flexibility index (Phi) is 3.84. The number of aliphatic hydroxyl groups excluding tert-OH is 1. The number of amides is 2. The number of aliphatic hydroxyl groups is 1. The molecule has 0 aromatic heterocycles. The summed E-state index contributed by atoms with van der Waals surface area (Å²) < 4.78 is 0. The minimum atomic E-state index is -0.886. The highest BCUT2D eigenvalue weighted by Crippen LogP contribution is 2.16. The van der Waals surface area contributed by atoms with Crippen molar-refractivity contribution in [2.75, 3.05) is 32.8 Å². The zero-order valence-electron chi connectivity index (χ0n) is 10.6. The standard InChI is InChI=1S/C11H20N4O3/c1-8(16)14-4-2-13(3-5-14)7-15-10(17)6-9(12)11(15)18/h9,11,18H,2-7,12H2,1H3. The van der Waals surface area contributed by atoms with Gasteiger partial charge in [0, 0.05) is 39.5 Å². The van der Waals surface area contributed by atoms with E-state index in [1.165, 1.54) is 4.90 Å². The molecule has 2 aliphatic heterocycles. The second-order valence-corrected chi connectivity index (χ2v) is 4.91. The summed E-state index contributed by atoms with van der Waals surface area (Å²) in [6.07, 6.45) is -0.683. The smallest absolute Gasteiger partial charge is 0.227 e. The highest BCUT2D eigenvalue weighted by molar-refractivity contribution is 5.79. The average molecular weight is 256 g/mol. The Balaban J connectivity index is 1.85. The Labute approximate surface area is 106 Å². The largest absolute Gasteiger partial charge is 0.372 e. The molecule has 102 valence electrons. The van der Waals surface area contributed by atoms with Crippen LogP contribution >= 0.6 is 0 Å². The molecule has 2 unspecified atom stereocenters. The van der Waals surface area contributed by atoms with Gasteiger partial charge in [0.25, 0.3) is 0 Å². The van der Waals surface area contributed by atoms with E-state index in [-0.39, 0.29) is 18.2 Å². The Hall–Kier alpha value is -1.18. The summed E-state index contributed by atoms with van der Waals surface area (Å²) in [7, 11) is 0. The van der Waals surface area contributed by atoms with Crippen molar-refractivity contribution in [1.29, 1.82) is 0 Å². The minimum Gasteiger partial charge on any atom is -0.372 e. The number of likely N-dealkylation sites (tertiary alicyclic amines) is 1. The van der Waals surface area contributed by atoms with Crippen LogP contribution in [0.15, 0.2) is 0 Å². The van der Waals surface area contributed by atoms with Crippen LogP contribution in [0.5, 0.6) is 0 Å². The van der Waals surface area contributed by atoms with Gasteiger partial charge in [0.1, 0.15) is 6.23 Å². The number of piperazine rings is 1. The molecule has 0 aromatic carbocycles. The van der Waals surface area contributed by atoms with Crippen LogP contribution in [0.3, 0.4) is 0 Å². The molecule has 2 aliphatic rings. The van der Waals surface area contributed by atoms with E-state index in [0.29, 0.717) is 32.8 Å². The van der Waals surface area contributed by atoms with Crippen molar-refractivity contribution in [3.63, 3.8) is 0 Å². The van der Waals surface area contributed by atoms with Crippen LogP contribution in [0.1, 0.15) is 13.3 Å². The third-order valence-corrected chi connectivity index (χ3v) is 3.60. The summed E-state index contributed by atoms with van der Waals surface area (Å²) in [6.45, 7) is 4.71. The van der Waals surface area contributed by atoms with Crippen molar-refractivity contribution in [1.82, 2.24) is 14.7 Å². The summed E-state index contributed by atoms with van der Waals surface area (Å²) in [5, 5.41) is 9.79. The molecule has 0 aromatic rings. The summed E-state index contributed by atoms with van der Waals surface area (Å²) in [5.41, 5.74) is 5.64. The van der Waals surface area contributed by atoms with Gasteiger partial charge in [-0.05, 0) is 0 Å². The molecule has 2 amide bonds. The van der Waals surface area contributed by atoms with E-state index in [0.717, 1.165) is 0 Å². The Bertz CT molecular complexity index is 341. The van der Waals surface area contributed by atoms with Gasteiger partial charge in [0.05, 0.1) is 12.7 Å². The maximum absolute atomic E-state index is 11.6. The molecule has 0 saturated carbocycles. The molecule has 2 rings (SSSR count). The number of hydrogen-bond acceptors (Lipinski definition) is 5. The van der Waals surface area contributed by atoms with Gasteiger partial charge in [-0.2, -0.15) is 0 Å². The average Bonchev–Trinajstić information content (AvgIpc) is 2.57. The second kappa shape index (κ2) is 5.21. The highest BCUT2D eigenvalue weighted by Gasteiger charge is 2.37. The van der Waals surface area contributed by atoms with Gasteiger partial charge in [-0.1, -0.05) is 0 Å². The third-order valence-electron chi connectivity index (χ3n) is 3.60. The quantitative estimate of drug-likeness (QED) is 0.595. The fourth-order valence-corrected chi connectivity index (χ4v) is 2.39. The van der Waals surface area contributed by atoms with Gasteiger partial charge in [-0.3, -0.25) is 14.5 Å². The van der Waals surface area contributed by atoms with Crippen molar-refractivity contribution in [2.45, 2.75) is 25.6 Å². The summed E-state index contributed by atoms with van der Waals surface area (Å²) in [5.74, 6) is -0.0297. The van der Waals surface area contributed by atoms with Crippen molar-refractivity contribution in [3.8, 4) is 0 Å². The molecular formula is C11H20N4O3. The molecule has 7 heteroatoms. The lowest BCUT2D eigenvalue weighted by atomic mass is 10.2. The zero-order valence-corrected chi connectivity index (χ0v) is 10.6. The molecule has 0 bridgehead atoms. The van der Waals surface area contributed by atoms with Crippen molar-refractivity contribution >= 4 is 11.8 Å². The molecule has 3 N–H and O–H groups in total. The number of nitrogens with two attached hydrogens (primary N) is 1. The van der Waals surface area contributed by atoms with E-state index < -0.39 is 12.3 Å². The van der Waals surface area contributed by atoms with Gasteiger partial charge in [-0.15, -0.1) is 0 Å². The lowest BCUT2D eigenvalue weighted by Gasteiger charge is -2.37. The summed E-state index contributed by atoms with van der Waals surface area (Å²) in [6, 6.07) is -0.490. The minimum absolute atomic E-state index is 0.0777. The van der Waals surface area contributed by atoms with E-state index >= 15 is 0 Å². The molecule has 0 aliphatic carbocycles. The maximum Gasteiger partial charge on any atom is 0.227 e. The highest BCUT2D eigenvalue weighted by atomic mass is 16.3. The van der Waals surface area contributed by atoms with Gasteiger partial charge < -0.3 is 20.6 Å². The third kappa shape index (κ3) is 2.63. The van der Waals surface area contributed by atoms with Crippen LogP contribution in [0, 0.1) is 0 Å². The summed E-state index contributed by atoms with van der Waals surface area (Å²) >= 11 is 0. The number of hydrogen-bond donors (Lipinski definition) is 2. The van der Waals surface area contributed by atoms with Gasteiger partial charge in [-0.25, -0.2) is 0 Å². The Morgan fingerprint density at radius 3 is 2.44 bits per heavy atom. The van der Waals surface area contributed by atoms with Crippen LogP contribution in [0.2, 0.25) is 0 Å². The van der Waals surface area contributed by atoms with E-state index in [1.807, 2.05) is 0 Å². The van der Waals surface area contributed by atoms with E-state index in [2.05, 4.69) is 4.90 Å². The normalized spacial score (nSPS) is 30.1. The first-order chi connectivity index (χ1) is 8.49. The lowest BCUT2D eigenvalue weighted by Crippen LogP contribution is -2.53. The number of carbonyl (C=O) groups excluding carboxylic acids is 2. The van der Waals surface area contributed by atoms with Crippen molar-refractivity contribution in [2.24, 2.45) is 5.73 Å². The first kappa shape index (κ1) is 13.3. The first-order valence-corrected chi connectivity index (χ1v) is 6.20. The predicted molar refractivity (Wildman–Crippen MR) is 64.1 cm³/mol. The number of nitrogens with zero attached hydrogens (tertiary/aromatic N) is 3. The van der Waals surface area contributed by atoms with Crippen LogP contribution in [0.4, 0.5) is 0 Å². The molecule has 2 heterocycles. The molecule has 0 radical (unpaired) electrons. The fraction of sp³-hybridized carbons (Fsp3) is 0.818. The van der Waals surface area contributed by atoms with Gasteiger partial charge in [0.2, 0.25) is 11.8 Å². The van der Waals surface area contributed by atoms with Crippen molar-refractivity contribution in [3.05, 3.63) is 0 Å². The summed E-state index contributed by atoms with van der Waals surface area (Å²) in [4.78, 5) is 28.1. The van der Waals surface area contributed by atoms with E-state index in [9.17, 15) is 14.7 Å². The molecule has 7 nitrogen and oxygen atoms in total. The Morgan fingerprint density at radius 1 is 1.39 bits per heavy atom. The van der Waals surface area contributed by atoms with Gasteiger partial charge in [0.15, 0.2) is 0 Å². The lowest BCUT2D eigenvalue weighted by molar-refractivity contribution is -0.139. The van der Waals surface area contributed by atoms with E-state index in [1.54, 1.807) is 11.8 Å². The number of rotatable bonds is 2. The van der Waals surface area contributed by atoms with Crippen molar-refractivity contribution < 1.29 is 14.7 Å². The molecule has 2 atom stereocenters. The molecule has 0 spiro atoms. The topological polar surface area (TPSA) is 90.1 Å². The van der Waals surface area contributed by atoms with Crippen LogP contribution in [-0.4, -0.2) is 76.7 Å².